The molecule has 0 amide bonds. The molecule has 1 aromatic rings. The van der Waals surface area contributed by atoms with Gasteiger partial charge in [0.15, 0.2) is 0 Å². The van der Waals surface area contributed by atoms with Crippen LogP contribution in [0.25, 0.3) is 0 Å². The molecule has 1 aromatic heterocycles. The molecule has 0 saturated heterocycles. The predicted molar refractivity (Wildman–Crippen MR) is 66.3 cm³/mol. The second kappa shape index (κ2) is 5.53. The molecule has 1 aliphatic carbocycles. The van der Waals surface area contributed by atoms with Crippen molar-refractivity contribution in [1.29, 1.82) is 0 Å². The zero-order valence-electron chi connectivity index (χ0n) is 10.4. The van der Waals surface area contributed by atoms with Crippen molar-refractivity contribution >= 4 is 0 Å². The maximum absolute atomic E-state index is 5.44. The molecule has 0 aliphatic heterocycles. The van der Waals surface area contributed by atoms with Gasteiger partial charge in [0.25, 0.3) is 0 Å². The monoisotopic (exact) mass is 221 g/mol. The van der Waals surface area contributed by atoms with Crippen LogP contribution in [0.2, 0.25) is 0 Å². The van der Waals surface area contributed by atoms with Crippen LogP contribution >= 0.6 is 0 Å². The number of nitrogens with one attached hydrogen (secondary N) is 1. The van der Waals surface area contributed by atoms with E-state index in [1.54, 1.807) is 6.26 Å². The van der Waals surface area contributed by atoms with Crippen LogP contribution in [0.4, 0.5) is 0 Å². The Kier molecular flexibility index (Phi) is 4.05. The molecular weight excluding hydrogens is 198 g/mol. The van der Waals surface area contributed by atoms with Crippen molar-refractivity contribution in [3.8, 4) is 0 Å². The summed E-state index contributed by atoms with van der Waals surface area (Å²) in [6, 6.07) is 5.04. The Morgan fingerprint density at radius 3 is 2.94 bits per heavy atom. The fourth-order valence-corrected chi connectivity index (χ4v) is 2.86. The van der Waals surface area contributed by atoms with Crippen LogP contribution in [-0.2, 0) is 0 Å². The van der Waals surface area contributed by atoms with Gasteiger partial charge in [0.2, 0.25) is 0 Å². The molecule has 16 heavy (non-hydrogen) atoms. The van der Waals surface area contributed by atoms with Gasteiger partial charge < -0.3 is 9.73 Å². The van der Waals surface area contributed by atoms with Crippen molar-refractivity contribution in [3.05, 3.63) is 24.2 Å². The van der Waals surface area contributed by atoms with Gasteiger partial charge in [-0.2, -0.15) is 0 Å². The van der Waals surface area contributed by atoms with E-state index in [1.807, 2.05) is 6.07 Å². The van der Waals surface area contributed by atoms with E-state index in [1.165, 1.54) is 32.1 Å². The predicted octanol–water partition coefficient (Wildman–Crippen LogP) is 3.90. The Labute approximate surface area is 98.4 Å². The highest BCUT2D eigenvalue weighted by Crippen LogP contribution is 2.28. The summed E-state index contributed by atoms with van der Waals surface area (Å²) in [6.45, 7) is 4.50. The van der Waals surface area contributed by atoms with E-state index in [4.69, 9.17) is 4.42 Å². The summed E-state index contributed by atoms with van der Waals surface area (Å²) in [5.41, 5.74) is 0. The van der Waals surface area contributed by atoms with Gasteiger partial charge >= 0.3 is 0 Å². The number of hydrogen-bond acceptors (Lipinski definition) is 2. The van der Waals surface area contributed by atoms with Crippen LogP contribution in [0.15, 0.2) is 22.8 Å². The van der Waals surface area contributed by atoms with E-state index in [0.29, 0.717) is 12.1 Å². The largest absolute Gasteiger partial charge is 0.468 e. The zero-order valence-corrected chi connectivity index (χ0v) is 10.4. The van der Waals surface area contributed by atoms with Crippen molar-refractivity contribution in [3.63, 3.8) is 0 Å². The smallest absolute Gasteiger partial charge is 0.120 e. The molecule has 1 N–H and O–H groups in total. The third-order valence-corrected chi connectivity index (χ3v) is 3.87. The minimum Gasteiger partial charge on any atom is -0.468 e. The standard InChI is InChI=1S/C14H23NO/c1-3-12-7-4-5-8-13(12)15-11(2)14-9-6-10-16-14/h6,9-13,15H,3-5,7-8H2,1-2H3/t11-,12?,13?/m0/s1. The van der Waals surface area contributed by atoms with Gasteiger partial charge in [-0.05, 0) is 37.8 Å². The first-order valence-electron chi connectivity index (χ1n) is 6.60. The van der Waals surface area contributed by atoms with Gasteiger partial charge in [0, 0.05) is 6.04 Å². The fourth-order valence-electron chi connectivity index (χ4n) is 2.86. The molecule has 1 aliphatic rings. The molecule has 90 valence electrons. The number of rotatable bonds is 4. The van der Waals surface area contributed by atoms with Crippen LogP contribution < -0.4 is 5.32 Å². The molecule has 2 unspecified atom stereocenters. The summed E-state index contributed by atoms with van der Waals surface area (Å²) in [6.07, 6.45) is 8.54. The van der Waals surface area contributed by atoms with E-state index >= 15 is 0 Å². The second-order valence-corrected chi connectivity index (χ2v) is 4.96. The van der Waals surface area contributed by atoms with Crippen LogP contribution in [-0.4, -0.2) is 6.04 Å². The average Bonchev–Trinajstić information content (AvgIpc) is 2.83. The summed E-state index contributed by atoms with van der Waals surface area (Å²) in [4.78, 5) is 0. The van der Waals surface area contributed by atoms with E-state index in [-0.39, 0.29) is 0 Å². The second-order valence-electron chi connectivity index (χ2n) is 4.96. The highest BCUT2D eigenvalue weighted by Gasteiger charge is 2.25. The summed E-state index contributed by atoms with van der Waals surface area (Å²) in [7, 11) is 0. The van der Waals surface area contributed by atoms with Crippen molar-refractivity contribution in [1.82, 2.24) is 5.32 Å². The number of hydrogen-bond donors (Lipinski definition) is 1. The molecule has 0 aromatic carbocycles. The lowest BCUT2D eigenvalue weighted by Crippen LogP contribution is -2.39. The molecule has 2 rings (SSSR count). The Balaban J connectivity index is 1.92. The first kappa shape index (κ1) is 11.7. The molecule has 0 bridgehead atoms. The fraction of sp³-hybridized carbons (Fsp3) is 0.714. The zero-order chi connectivity index (χ0) is 11.4. The molecule has 1 saturated carbocycles. The maximum Gasteiger partial charge on any atom is 0.120 e. The third kappa shape index (κ3) is 2.67. The van der Waals surface area contributed by atoms with Crippen LogP contribution in [0.1, 0.15) is 57.8 Å². The SMILES string of the molecule is CCC1CCCCC1N[C@@H](C)c1ccco1. The summed E-state index contributed by atoms with van der Waals surface area (Å²) in [5, 5.41) is 3.73. The average molecular weight is 221 g/mol. The quantitative estimate of drug-likeness (QED) is 0.834. The lowest BCUT2D eigenvalue weighted by molar-refractivity contribution is 0.232. The molecule has 3 atom stereocenters. The molecule has 0 radical (unpaired) electrons. The van der Waals surface area contributed by atoms with E-state index in [0.717, 1.165) is 11.7 Å². The Hall–Kier alpha value is -0.760. The van der Waals surface area contributed by atoms with Crippen molar-refractivity contribution in [2.45, 2.75) is 58.0 Å². The Morgan fingerprint density at radius 1 is 1.44 bits per heavy atom. The molecular formula is C14H23NO. The van der Waals surface area contributed by atoms with Crippen molar-refractivity contribution < 1.29 is 4.42 Å². The molecule has 0 spiro atoms. The summed E-state index contributed by atoms with van der Waals surface area (Å²) < 4.78 is 5.44. The van der Waals surface area contributed by atoms with Gasteiger partial charge in [0.05, 0.1) is 12.3 Å². The lowest BCUT2D eigenvalue weighted by Gasteiger charge is -2.33. The molecule has 2 nitrogen and oxygen atoms in total. The van der Waals surface area contributed by atoms with Crippen LogP contribution in [0, 0.1) is 5.92 Å². The highest BCUT2D eigenvalue weighted by atomic mass is 16.3. The highest BCUT2D eigenvalue weighted by molar-refractivity contribution is 5.03. The van der Waals surface area contributed by atoms with Crippen molar-refractivity contribution in [2.24, 2.45) is 5.92 Å². The van der Waals surface area contributed by atoms with Gasteiger partial charge in [-0.25, -0.2) is 0 Å². The van der Waals surface area contributed by atoms with Crippen LogP contribution in [0.3, 0.4) is 0 Å². The van der Waals surface area contributed by atoms with Gasteiger partial charge in [-0.15, -0.1) is 0 Å². The van der Waals surface area contributed by atoms with Crippen molar-refractivity contribution in [2.75, 3.05) is 0 Å². The normalized spacial score (nSPS) is 27.9. The third-order valence-electron chi connectivity index (χ3n) is 3.87. The Morgan fingerprint density at radius 2 is 2.25 bits per heavy atom. The van der Waals surface area contributed by atoms with E-state index < -0.39 is 0 Å². The molecule has 1 heterocycles. The van der Waals surface area contributed by atoms with Gasteiger partial charge in [-0.1, -0.05) is 26.2 Å². The van der Waals surface area contributed by atoms with E-state index in [2.05, 4.69) is 25.2 Å². The summed E-state index contributed by atoms with van der Waals surface area (Å²) >= 11 is 0. The number of furan rings is 1. The first-order valence-corrected chi connectivity index (χ1v) is 6.60. The summed E-state index contributed by atoms with van der Waals surface area (Å²) in [5.74, 6) is 1.91. The van der Waals surface area contributed by atoms with Crippen LogP contribution in [0.5, 0.6) is 0 Å². The minimum atomic E-state index is 0.340. The lowest BCUT2D eigenvalue weighted by atomic mass is 9.82. The van der Waals surface area contributed by atoms with Gasteiger partial charge in [0.1, 0.15) is 5.76 Å². The molecule has 2 heteroatoms. The maximum atomic E-state index is 5.44. The minimum absolute atomic E-state index is 0.340. The van der Waals surface area contributed by atoms with Gasteiger partial charge in [-0.3, -0.25) is 0 Å². The topological polar surface area (TPSA) is 25.2 Å². The molecule has 1 fully saturated rings. The van der Waals surface area contributed by atoms with E-state index in [9.17, 15) is 0 Å². The first-order chi connectivity index (χ1) is 7.81. The Bertz CT molecular complexity index is 294.